The molecule has 4 nitrogen and oxygen atoms in total. The summed E-state index contributed by atoms with van der Waals surface area (Å²) in [5.74, 6) is 0.895. The molecular formula is C17H23BrN4S. The summed E-state index contributed by atoms with van der Waals surface area (Å²) >= 11 is 5.33. The van der Waals surface area contributed by atoms with Crippen molar-refractivity contribution in [3.63, 3.8) is 0 Å². The SMILES string of the molecule is CCc1nc(CCNC(=NC)N(C)Cc2ccccc2Br)cs1. The minimum Gasteiger partial charge on any atom is -0.356 e. The molecule has 0 aliphatic rings. The first-order valence-corrected chi connectivity index (χ1v) is 9.39. The number of thiazole rings is 1. The maximum Gasteiger partial charge on any atom is 0.193 e. The van der Waals surface area contributed by atoms with Gasteiger partial charge in [-0.05, 0) is 18.1 Å². The summed E-state index contributed by atoms with van der Waals surface area (Å²) in [5, 5.41) is 6.76. The number of aryl methyl sites for hydroxylation is 1. The largest absolute Gasteiger partial charge is 0.356 e. The summed E-state index contributed by atoms with van der Waals surface area (Å²) in [6, 6.07) is 8.26. The van der Waals surface area contributed by atoms with Gasteiger partial charge in [0.1, 0.15) is 0 Å². The predicted octanol–water partition coefficient (Wildman–Crippen LogP) is 3.72. The molecule has 0 fully saturated rings. The van der Waals surface area contributed by atoms with Crippen LogP contribution in [0.15, 0.2) is 39.1 Å². The van der Waals surface area contributed by atoms with E-state index in [1.165, 1.54) is 10.6 Å². The average molecular weight is 395 g/mol. The Labute approximate surface area is 150 Å². The maximum atomic E-state index is 4.59. The number of halogens is 1. The molecule has 0 saturated carbocycles. The first kappa shape index (κ1) is 17.9. The zero-order chi connectivity index (χ0) is 16.7. The second-order valence-electron chi connectivity index (χ2n) is 5.26. The Hall–Kier alpha value is -1.40. The number of rotatable bonds is 6. The Balaban J connectivity index is 1.86. The quantitative estimate of drug-likeness (QED) is 0.599. The van der Waals surface area contributed by atoms with Crippen LogP contribution in [0.4, 0.5) is 0 Å². The van der Waals surface area contributed by atoms with E-state index in [4.69, 9.17) is 0 Å². The Morgan fingerprint density at radius 1 is 1.39 bits per heavy atom. The molecule has 6 heteroatoms. The van der Waals surface area contributed by atoms with E-state index in [0.717, 1.165) is 42.1 Å². The number of aliphatic imine (C=N–C) groups is 1. The smallest absolute Gasteiger partial charge is 0.193 e. The normalized spacial score (nSPS) is 11.6. The average Bonchev–Trinajstić information content (AvgIpc) is 3.01. The molecule has 0 aliphatic heterocycles. The zero-order valence-corrected chi connectivity index (χ0v) is 16.2. The maximum absolute atomic E-state index is 4.59. The molecule has 2 aromatic rings. The van der Waals surface area contributed by atoms with Crippen LogP contribution in [0.2, 0.25) is 0 Å². The number of hydrogen-bond acceptors (Lipinski definition) is 3. The molecule has 0 spiro atoms. The molecule has 1 aromatic carbocycles. The highest BCUT2D eigenvalue weighted by Gasteiger charge is 2.08. The van der Waals surface area contributed by atoms with E-state index in [2.05, 4.69) is 66.6 Å². The van der Waals surface area contributed by atoms with Gasteiger partial charge in [0.15, 0.2) is 5.96 Å². The molecule has 0 aliphatic carbocycles. The Kier molecular flexibility index (Phi) is 7.05. The Morgan fingerprint density at radius 3 is 2.83 bits per heavy atom. The second-order valence-corrected chi connectivity index (χ2v) is 7.05. The van der Waals surface area contributed by atoms with Crippen molar-refractivity contribution in [2.75, 3.05) is 20.6 Å². The van der Waals surface area contributed by atoms with Crippen molar-refractivity contribution in [1.82, 2.24) is 15.2 Å². The van der Waals surface area contributed by atoms with Crippen LogP contribution >= 0.6 is 27.3 Å². The van der Waals surface area contributed by atoms with Crippen molar-refractivity contribution in [3.05, 3.63) is 50.4 Å². The fraction of sp³-hybridized carbons (Fsp3) is 0.412. The summed E-state index contributed by atoms with van der Waals surface area (Å²) in [6.07, 6.45) is 1.92. The molecule has 0 amide bonds. The van der Waals surface area contributed by atoms with Crippen LogP contribution in [-0.2, 0) is 19.4 Å². The third kappa shape index (κ3) is 5.32. The van der Waals surface area contributed by atoms with Gasteiger partial charge in [-0.1, -0.05) is 41.1 Å². The molecule has 1 heterocycles. The van der Waals surface area contributed by atoms with Gasteiger partial charge in [-0.2, -0.15) is 0 Å². The van der Waals surface area contributed by atoms with Crippen LogP contribution in [0.5, 0.6) is 0 Å². The van der Waals surface area contributed by atoms with Gasteiger partial charge in [-0.15, -0.1) is 11.3 Å². The minimum absolute atomic E-state index is 0.803. The summed E-state index contributed by atoms with van der Waals surface area (Å²) in [6.45, 7) is 3.77. The van der Waals surface area contributed by atoms with Crippen LogP contribution in [0.25, 0.3) is 0 Å². The number of guanidine groups is 1. The lowest BCUT2D eigenvalue weighted by Gasteiger charge is -2.22. The van der Waals surface area contributed by atoms with E-state index in [0.29, 0.717) is 0 Å². The van der Waals surface area contributed by atoms with Gasteiger partial charge in [0.2, 0.25) is 0 Å². The number of benzene rings is 1. The van der Waals surface area contributed by atoms with E-state index >= 15 is 0 Å². The standard InChI is InChI=1S/C17H23BrN4S/c1-4-16-21-14(12-23-16)9-10-20-17(19-2)22(3)11-13-7-5-6-8-15(13)18/h5-8,12H,4,9-11H2,1-3H3,(H,19,20). The monoisotopic (exact) mass is 394 g/mol. The molecule has 23 heavy (non-hydrogen) atoms. The highest BCUT2D eigenvalue weighted by atomic mass is 79.9. The molecule has 0 unspecified atom stereocenters. The lowest BCUT2D eigenvalue weighted by Crippen LogP contribution is -2.39. The van der Waals surface area contributed by atoms with Crippen LogP contribution in [0.1, 0.15) is 23.2 Å². The molecule has 1 N–H and O–H groups in total. The van der Waals surface area contributed by atoms with Crippen molar-refractivity contribution in [3.8, 4) is 0 Å². The Morgan fingerprint density at radius 2 is 2.17 bits per heavy atom. The lowest BCUT2D eigenvalue weighted by atomic mass is 10.2. The van der Waals surface area contributed by atoms with Crippen LogP contribution < -0.4 is 5.32 Å². The highest BCUT2D eigenvalue weighted by Crippen LogP contribution is 2.17. The third-order valence-electron chi connectivity index (χ3n) is 3.50. The van der Waals surface area contributed by atoms with Crippen molar-refractivity contribution in [2.45, 2.75) is 26.3 Å². The summed E-state index contributed by atoms with van der Waals surface area (Å²) < 4.78 is 1.12. The topological polar surface area (TPSA) is 40.5 Å². The van der Waals surface area contributed by atoms with Crippen molar-refractivity contribution >= 4 is 33.2 Å². The number of aromatic nitrogens is 1. The van der Waals surface area contributed by atoms with E-state index in [1.54, 1.807) is 11.3 Å². The summed E-state index contributed by atoms with van der Waals surface area (Å²) in [7, 11) is 3.86. The van der Waals surface area contributed by atoms with Gasteiger partial charge in [0.05, 0.1) is 10.7 Å². The van der Waals surface area contributed by atoms with Gasteiger partial charge < -0.3 is 10.2 Å². The van der Waals surface area contributed by atoms with Gasteiger partial charge >= 0.3 is 0 Å². The fourth-order valence-corrected chi connectivity index (χ4v) is 3.46. The van der Waals surface area contributed by atoms with Crippen LogP contribution in [0, 0.1) is 0 Å². The molecule has 0 bridgehead atoms. The number of nitrogens with one attached hydrogen (secondary N) is 1. The highest BCUT2D eigenvalue weighted by molar-refractivity contribution is 9.10. The molecule has 0 radical (unpaired) electrons. The summed E-state index contributed by atoms with van der Waals surface area (Å²) in [4.78, 5) is 11.1. The third-order valence-corrected chi connectivity index (χ3v) is 5.32. The molecule has 124 valence electrons. The molecule has 0 atom stereocenters. The molecule has 0 saturated heterocycles. The van der Waals surface area contributed by atoms with Gasteiger partial charge in [-0.25, -0.2) is 4.98 Å². The van der Waals surface area contributed by atoms with E-state index in [-0.39, 0.29) is 0 Å². The van der Waals surface area contributed by atoms with Gasteiger partial charge in [-0.3, -0.25) is 4.99 Å². The molecule has 1 aromatic heterocycles. The van der Waals surface area contributed by atoms with Crippen molar-refractivity contribution in [2.24, 2.45) is 4.99 Å². The zero-order valence-electron chi connectivity index (χ0n) is 13.8. The minimum atomic E-state index is 0.803. The van der Waals surface area contributed by atoms with Crippen LogP contribution in [-0.4, -0.2) is 36.5 Å². The first-order chi connectivity index (χ1) is 11.1. The van der Waals surface area contributed by atoms with Crippen LogP contribution in [0.3, 0.4) is 0 Å². The lowest BCUT2D eigenvalue weighted by molar-refractivity contribution is 0.476. The number of nitrogens with zero attached hydrogens (tertiary/aromatic N) is 3. The predicted molar refractivity (Wildman–Crippen MR) is 102 cm³/mol. The number of hydrogen-bond donors (Lipinski definition) is 1. The second kappa shape index (κ2) is 9.03. The van der Waals surface area contributed by atoms with E-state index < -0.39 is 0 Å². The molecule has 2 rings (SSSR count). The molecular weight excluding hydrogens is 372 g/mol. The van der Waals surface area contributed by atoms with E-state index in [1.807, 2.05) is 20.2 Å². The van der Waals surface area contributed by atoms with Crippen molar-refractivity contribution in [1.29, 1.82) is 0 Å². The first-order valence-electron chi connectivity index (χ1n) is 7.72. The summed E-state index contributed by atoms with van der Waals surface area (Å²) in [5.41, 5.74) is 2.40. The van der Waals surface area contributed by atoms with Crippen molar-refractivity contribution < 1.29 is 0 Å². The van der Waals surface area contributed by atoms with Gasteiger partial charge in [0, 0.05) is 43.5 Å². The fourth-order valence-electron chi connectivity index (χ4n) is 2.27. The Bertz CT molecular complexity index is 654. The van der Waals surface area contributed by atoms with Gasteiger partial charge in [0.25, 0.3) is 0 Å². The van der Waals surface area contributed by atoms with E-state index in [9.17, 15) is 0 Å².